The van der Waals surface area contributed by atoms with E-state index in [1.54, 1.807) is 0 Å². The fourth-order valence-electron chi connectivity index (χ4n) is 0.204. The predicted molar refractivity (Wildman–Crippen MR) is 43.5 cm³/mol. The van der Waals surface area contributed by atoms with Crippen LogP contribution >= 0.6 is 24.8 Å². The van der Waals surface area contributed by atoms with E-state index in [1.807, 2.05) is 0 Å². The van der Waals surface area contributed by atoms with Crippen molar-refractivity contribution in [3.8, 4) is 0 Å². The third-order valence-electron chi connectivity index (χ3n) is 0.558. The summed E-state index contributed by atoms with van der Waals surface area (Å²) < 4.78 is 0. The summed E-state index contributed by atoms with van der Waals surface area (Å²) in [5.74, 6) is 0. The van der Waals surface area contributed by atoms with Gasteiger partial charge in [0.2, 0.25) is 0 Å². The molecule has 8 heavy (non-hydrogen) atoms. The standard InChI is InChI=1S/C4H11N.2ClH.H3N/c1-2-3-4-5;;;/h2-5H2,1H3;2*1H;1H3. The number of halogens is 2. The third-order valence-corrected chi connectivity index (χ3v) is 0.558. The van der Waals surface area contributed by atoms with Crippen molar-refractivity contribution in [1.29, 1.82) is 0 Å². The van der Waals surface area contributed by atoms with E-state index in [-0.39, 0.29) is 31.0 Å². The van der Waals surface area contributed by atoms with Gasteiger partial charge in [0.05, 0.1) is 0 Å². The van der Waals surface area contributed by atoms with E-state index in [2.05, 4.69) is 6.92 Å². The highest BCUT2D eigenvalue weighted by Gasteiger charge is 1.67. The largest absolute Gasteiger partial charge is 0.344 e. The summed E-state index contributed by atoms with van der Waals surface area (Å²) in [5.41, 5.74) is 5.14. The second-order valence-corrected chi connectivity index (χ2v) is 1.14. The van der Waals surface area contributed by atoms with Crippen LogP contribution < -0.4 is 11.9 Å². The number of hydrogen-bond donors (Lipinski definition) is 2. The first kappa shape index (κ1) is 23.6. The smallest absolute Gasteiger partial charge is 0.00774 e. The van der Waals surface area contributed by atoms with E-state index in [1.165, 1.54) is 12.8 Å². The monoisotopic (exact) mass is 162 g/mol. The summed E-state index contributed by atoms with van der Waals surface area (Å²) in [6.45, 7) is 2.98. The van der Waals surface area contributed by atoms with E-state index < -0.39 is 0 Å². The van der Waals surface area contributed by atoms with Gasteiger partial charge >= 0.3 is 0 Å². The van der Waals surface area contributed by atoms with E-state index in [0.717, 1.165) is 6.54 Å². The van der Waals surface area contributed by atoms with Crippen molar-refractivity contribution in [3.63, 3.8) is 0 Å². The molecule has 0 saturated heterocycles. The molecule has 0 radical (unpaired) electrons. The molecule has 56 valence electrons. The van der Waals surface area contributed by atoms with E-state index >= 15 is 0 Å². The van der Waals surface area contributed by atoms with Gasteiger partial charge in [-0.3, -0.25) is 0 Å². The van der Waals surface area contributed by atoms with Crippen molar-refractivity contribution in [2.24, 2.45) is 5.73 Å². The lowest BCUT2D eigenvalue weighted by Crippen LogP contribution is -1.95. The summed E-state index contributed by atoms with van der Waals surface area (Å²) in [5, 5.41) is 0. The first-order chi connectivity index (χ1) is 2.41. The molecule has 5 N–H and O–H groups in total. The molecular formula is C4H16Cl2N2. The minimum Gasteiger partial charge on any atom is -0.344 e. The Labute approximate surface area is 63.6 Å². The Hall–Kier alpha value is 0.500. The molecular weight excluding hydrogens is 147 g/mol. The van der Waals surface area contributed by atoms with Crippen LogP contribution in [-0.4, -0.2) is 6.54 Å². The summed E-state index contributed by atoms with van der Waals surface area (Å²) in [7, 11) is 0. The molecule has 4 heteroatoms. The summed E-state index contributed by atoms with van der Waals surface area (Å²) >= 11 is 0. The molecule has 0 heterocycles. The minimum absolute atomic E-state index is 0. The molecule has 0 bridgehead atoms. The van der Waals surface area contributed by atoms with Gasteiger partial charge < -0.3 is 11.9 Å². The second-order valence-electron chi connectivity index (χ2n) is 1.14. The third kappa shape index (κ3) is 31.5. The summed E-state index contributed by atoms with van der Waals surface area (Å²) in [6, 6.07) is 0. The molecule has 0 atom stereocenters. The van der Waals surface area contributed by atoms with Crippen LogP contribution in [-0.2, 0) is 0 Å². The zero-order chi connectivity index (χ0) is 4.12. The zero-order valence-electron chi connectivity index (χ0n) is 5.22. The van der Waals surface area contributed by atoms with E-state index in [0.29, 0.717) is 0 Å². The van der Waals surface area contributed by atoms with Crippen molar-refractivity contribution in [1.82, 2.24) is 6.15 Å². The lowest BCUT2D eigenvalue weighted by atomic mass is 10.3. The maximum Gasteiger partial charge on any atom is -0.00774 e. The van der Waals surface area contributed by atoms with Crippen LogP contribution in [0, 0.1) is 0 Å². The quantitative estimate of drug-likeness (QED) is 0.651. The Morgan fingerprint density at radius 1 is 1.25 bits per heavy atom. The molecule has 0 aromatic heterocycles. The predicted octanol–water partition coefficient (Wildman–Crippen LogP) is 1.75. The van der Waals surface area contributed by atoms with Crippen LogP contribution in [0.25, 0.3) is 0 Å². The molecule has 0 aliphatic heterocycles. The molecule has 0 saturated carbocycles. The van der Waals surface area contributed by atoms with Crippen molar-refractivity contribution < 1.29 is 0 Å². The van der Waals surface area contributed by atoms with Crippen molar-refractivity contribution in [2.75, 3.05) is 6.54 Å². The maximum atomic E-state index is 5.14. The zero-order valence-corrected chi connectivity index (χ0v) is 6.86. The SMILES string of the molecule is CCCCN.Cl.Cl.N. The fourth-order valence-corrected chi connectivity index (χ4v) is 0.204. The average Bonchev–Trinajstić information content (AvgIpc) is 1.41. The van der Waals surface area contributed by atoms with Gasteiger partial charge in [-0.2, -0.15) is 0 Å². The van der Waals surface area contributed by atoms with Gasteiger partial charge in [-0.1, -0.05) is 13.3 Å². The molecule has 0 aliphatic rings. The minimum atomic E-state index is 0. The van der Waals surface area contributed by atoms with Crippen LogP contribution in [0.3, 0.4) is 0 Å². The average molecular weight is 163 g/mol. The maximum absolute atomic E-state index is 5.14. The lowest BCUT2D eigenvalue weighted by molar-refractivity contribution is 0.807. The Balaban J connectivity index is -0.0000000267. The van der Waals surface area contributed by atoms with E-state index in [9.17, 15) is 0 Å². The number of nitrogens with two attached hydrogens (primary N) is 1. The summed E-state index contributed by atoms with van der Waals surface area (Å²) in [4.78, 5) is 0. The van der Waals surface area contributed by atoms with Crippen LogP contribution in [0.1, 0.15) is 19.8 Å². The van der Waals surface area contributed by atoms with Gasteiger partial charge in [-0.15, -0.1) is 24.8 Å². The van der Waals surface area contributed by atoms with Gasteiger partial charge in [-0.05, 0) is 13.0 Å². The topological polar surface area (TPSA) is 61.0 Å². The highest BCUT2D eigenvalue weighted by molar-refractivity contribution is 5.85. The molecule has 0 aromatic rings. The highest BCUT2D eigenvalue weighted by atomic mass is 35.5. The Bertz CT molecular complexity index is 19.5. The second kappa shape index (κ2) is 25.9. The number of rotatable bonds is 2. The van der Waals surface area contributed by atoms with E-state index in [4.69, 9.17) is 5.73 Å². The normalized spacial score (nSPS) is 5.25. The molecule has 0 unspecified atom stereocenters. The molecule has 2 nitrogen and oxygen atoms in total. The van der Waals surface area contributed by atoms with Crippen LogP contribution in [0.2, 0.25) is 0 Å². The fraction of sp³-hybridized carbons (Fsp3) is 1.00. The molecule has 0 aromatic carbocycles. The van der Waals surface area contributed by atoms with Gasteiger partial charge in [-0.25, -0.2) is 0 Å². The Kier molecular flexibility index (Phi) is 76.3. The summed E-state index contributed by atoms with van der Waals surface area (Å²) in [6.07, 6.45) is 2.39. The van der Waals surface area contributed by atoms with Crippen molar-refractivity contribution in [2.45, 2.75) is 19.8 Å². The molecule has 0 rings (SSSR count). The number of unbranched alkanes of at least 4 members (excludes halogenated alkanes) is 1. The van der Waals surface area contributed by atoms with Crippen LogP contribution in [0.4, 0.5) is 0 Å². The van der Waals surface area contributed by atoms with Gasteiger partial charge in [0, 0.05) is 0 Å². The first-order valence-corrected chi connectivity index (χ1v) is 2.12. The molecule has 0 spiro atoms. The van der Waals surface area contributed by atoms with Gasteiger partial charge in [0.25, 0.3) is 0 Å². The Morgan fingerprint density at radius 2 is 1.62 bits per heavy atom. The Morgan fingerprint density at radius 3 is 1.62 bits per heavy atom. The first-order valence-electron chi connectivity index (χ1n) is 2.12. The van der Waals surface area contributed by atoms with Gasteiger partial charge in [0.15, 0.2) is 0 Å². The van der Waals surface area contributed by atoms with Crippen molar-refractivity contribution in [3.05, 3.63) is 0 Å². The highest BCUT2D eigenvalue weighted by Crippen LogP contribution is 1.77. The lowest BCUT2D eigenvalue weighted by Gasteiger charge is -1.80. The molecule has 0 aliphatic carbocycles. The van der Waals surface area contributed by atoms with Crippen molar-refractivity contribution >= 4 is 24.8 Å². The molecule has 0 fully saturated rings. The van der Waals surface area contributed by atoms with Gasteiger partial charge in [0.1, 0.15) is 0 Å². The number of hydrogen-bond acceptors (Lipinski definition) is 2. The van der Waals surface area contributed by atoms with Crippen LogP contribution in [0.5, 0.6) is 0 Å². The molecule has 0 amide bonds. The van der Waals surface area contributed by atoms with Crippen LogP contribution in [0.15, 0.2) is 0 Å².